The minimum absolute atomic E-state index is 0.0726. The van der Waals surface area contributed by atoms with Gasteiger partial charge in [-0.3, -0.25) is 10.1 Å². The second-order valence-corrected chi connectivity index (χ2v) is 5.34. The van der Waals surface area contributed by atoms with Gasteiger partial charge in [0.25, 0.3) is 14.7 Å². The number of aromatic hydroxyl groups is 1. The van der Waals surface area contributed by atoms with E-state index in [1.165, 1.54) is 6.92 Å². The number of phenolic OH excluding ortho intramolecular Hbond substituents is 1. The van der Waals surface area contributed by atoms with Gasteiger partial charge in [0.05, 0.1) is 4.92 Å². The number of nitrogens with zero attached hydrogens (tertiary/aromatic N) is 1. The van der Waals surface area contributed by atoms with E-state index < -0.39 is 30.3 Å². The average molecular weight is 252 g/mol. The van der Waals surface area contributed by atoms with E-state index in [0.29, 0.717) is 6.07 Å². The molecule has 0 aromatic heterocycles. The van der Waals surface area contributed by atoms with Crippen molar-refractivity contribution in [2.75, 3.05) is 0 Å². The van der Waals surface area contributed by atoms with Gasteiger partial charge < -0.3 is 5.11 Å². The molecular weight excluding hydrogens is 246 g/mol. The van der Waals surface area contributed by atoms with Crippen LogP contribution >= 0.6 is 10.7 Å². The second kappa shape index (κ2) is 3.67. The van der Waals surface area contributed by atoms with Gasteiger partial charge >= 0.3 is 0 Å². The molecule has 6 nitrogen and oxygen atoms in total. The molecule has 0 aliphatic rings. The smallest absolute Gasteiger partial charge is 0.271 e. The maximum Gasteiger partial charge on any atom is 0.271 e. The van der Waals surface area contributed by atoms with E-state index in [4.69, 9.17) is 10.7 Å². The van der Waals surface area contributed by atoms with Crippen molar-refractivity contribution in [2.45, 2.75) is 11.8 Å². The Kier molecular flexibility index (Phi) is 2.87. The van der Waals surface area contributed by atoms with Crippen LogP contribution in [-0.2, 0) is 9.05 Å². The molecule has 0 aliphatic heterocycles. The van der Waals surface area contributed by atoms with Gasteiger partial charge in [-0.25, -0.2) is 8.42 Å². The summed E-state index contributed by atoms with van der Waals surface area (Å²) in [5, 5.41) is 19.8. The zero-order valence-corrected chi connectivity index (χ0v) is 9.04. The van der Waals surface area contributed by atoms with Crippen LogP contribution in [0.15, 0.2) is 17.0 Å². The quantitative estimate of drug-likeness (QED) is 0.488. The molecule has 0 bridgehead atoms. The first kappa shape index (κ1) is 11.7. The lowest BCUT2D eigenvalue weighted by molar-refractivity contribution is -0.385. The van der Waals surface area contributed by atoms with E-state index in [2.05, 4.69) is 0 Å². The van der Waals surface area contributed by atoms with E-state index >= 15 is 0 Å². The number of hydrogen-bond acceptors (Lipinski definition) is 5. The van der Waals surface area contributed by atoms with Crippen LogP contribution in [0.1, 0.15) is 5.56 Å². The van der Waals surface area contributed by atoms with Gasteiger partial charge in [0.15, 0.2) is 0 Å². The molecule has 0 aliphatic carbocycles. The first-order valence-electron chi connectivity index (χ1n) is 3.66. The van der Waals surface area contributed by atoms with Crippen LogP contribution in [0.5, 0.6) is 5.75 Å². The van der Waals surface area contributed by atoms with E-state index in [0.717, 1.165) is 6.07 Å². The summed E-state index contributed by atoms with van der Waals surface area (Å²) >= 11 is 0. The third-order valence-corrected chi connectivity index (χ3v) is 3.06. The standard InChI is InChI=1S/C7H6ClNO5S/c1-4-2-5(9(11)12)3-6(7(4)10)15(8,13)14/h2-3,10H,1H3. The van der Waals surface area contributed by atoms with Gasteiger partial charge in [-0.05, 0) is 12.5 Å². The van der Waals surface area contributed by atoms with Gasteiger partial charge in [0.1, 0.15) is 10.6 Å². The van der Waals surface area contributed by atoms with Crippen LogP contribution in [0.2, 0.25) is 0 Å². The number of non-ortho nitro benzene ring substituents is 1. The molecule has 1 N–H and O–H groups in total. The van der Waals surface area contributed by atoms with Gasteiger partial charge in [0.2, 0.25) is 0 Å². The van der Waals surface area contributed by atoms with E-state index in [1.54, 1.807) is 0 Å². The molecule has 0 amide bonds. The lowest BCUT2D eigenvalue weighted by Gasteiger charge is -2.03. The van der Waals surface area contributed by atoms with Crippen molar-refractivity contribution in [3.05, 3.63) is 27.8 Å². The van der Waals surface area contributed by atoms with E-state index in [1.807, 2.05) is 0 Å². The second-order valence-electron chi connectivity index (χ2n) is 2.80. The molecule has 15 heavy (non-hydrogen) atoms. The summed E-state index contributed by atoms with van der Waals surface area (Å²) in [5.74, 6) is -0.574. The fourth-order valence-electron chi connectivity index (χ4n) is 1.02. The predicted octanol–water partition coefficient (Wildman–Crippen LogP) is 1.54. The number of rotatable bonds is 2. The minimum Gasteiger partial charge on any atom is -0.506 e. The minimum atomic E-state index is -4.19. The van der Waals surface area contributed by atoms with Crippen molar-refractivity contribution >= 4 is 25.4 Å². The Morgan fingerprint density at radius 3 is 2.40 bits per heavy atom. The number of phenols is 1. The van der Waals surface area contributed by atoms with E-state index in [-0.39, 0.29) is 5.56 Å². The highest BCUT2D eigenvalue weighted by molar-refractivity contribution is 8.13. The Balaban J connectivity index is 3.59. The molecule has 0 heterocycles. The van der Waals surface area contributed by atoms with Crippen molar-refractivity contribution in [3.8, 4) is 5.75 Å². The largest absolute Gasteiger partial charge is 0.506 e. The lowest BCUT2D eigenvalue weighted by atomic mass is 10.2. The number of benzene rings is 1. The fraction of sp³-hybridized carbons (Fsp3) is 0.143. The highest BCUT2D eigenvalue weighted by Gasteiger charge is 2.22. The third kappa shape index (κ3) is 2.37. The van der Waals surface area contributed by atoms with Crippen LogP contribution in [0.25, 0.3) is 0 Å². The highest BCUT2D eigenvalue weighted by Crippen LogP contribution is 2.32. The summed E-state index contributed by atoms with van der Waals surface area (Å²) in [4.78, 5) is 9.01. The predicted molar refractivity (Wildman–Crippen MR) is 52.5 cm³/mol. The molecule has 0 fully saturated rings. The highest BCUT2D eigenvalue weighted by atomic mass is 35.7. The number of nitro benzene ring substituents is 1. The van der Waals surface area contributed by atoms with Gasteiger partial charge in [-0.1, -0.05) is 0 Å². The maximum atomic E-state index is 11.0. The maximum absolute atomic E-state index is 11.0. The molecule has 0 saturated carbocycles. The molecule has 1 rings (SSSR count). The summed E-state index contributed by atoms with van der Waals surface area (Å²) in [6.07, 6.45) is 0. The molecule has 0 radical (unpaired) electrons. The van der Waals surface area contributed by atoms with Crippen molar-refractivity contribution in [3.63, 3.8) is 0 Å². The molecule has 0 atom stereocenters. The van der Waals surface area contributed by atoms with Crippen molar-refractivity contribution in [1.82, 2.24) is 0 Å². The fourth-order valence-corrected chi connectivity index (χ4v) is 2.03. The zero-order chi connectivity index (χ0) is 11.8. The zero-order valence-electron chi connectivity index (χ0n) is 7.47. The first-order valence-corrected chi connectivity index (χ1v) is 5.97. The monoisotopic (exact) mass is 251 g/mol. The molecule has 0 spiro atoms. The Morgan fingerprint density at radius 1 is 1.47 bits per heavy atom. The van der Waals surface area contributed by atoms with E-state index in [9.17, 15) is 23.6 Å². The number of aryl methyl sites for hydroxylation is 1. The van der Waals surface area contributed by atoms with Gasteiger partial charge in [0, 0.05) is 22.8 Å². The van der Waals surface area contributed by atoms with Crippen molar-refractivity contribution < 1.29 is 18.4 Å². The molecule has 8 heteroatoms. The average Bonchev–Trinajstić information content (AvgIpc) is 2.06. The summed E-state index contributed by atoms with van der Waals surface area (Å²) in [6.45, 7) is 1.34. The molecule has 0 saturated heterocycles. The Morgan fingerprint density at radius 2 is 2.00 bits per heavy atom. The van der Waals surface area contributed by atoms with Crippen molar-refractivity contribution in [2.24, 2.45) is 0 Å². The number of nitro groups is 1. The van der Waals surface area contributed by atoms with Crippen LogP contribution in [0.4, 0.5) is 5.69 Å². The van der Waals surface area contributed by atoms with Crippen LogP contribution in [0, 0.1) is 17.0 Å². The summed E-state index contributed by atoms with van der Waals surface area (Å²) in [7, 11) is 0.808. The first-order chi connectivity index (χ1) is 6.73. The molecular formula is C7H6ClNO5S. The molecule has 1 aromatic carbocycles. The molecule has 1 aromatic rings. The van der Waals surface area contributed by atoms with Gasteiger partial charge in [-0.2, -0.15) is 0 Å². The Labute approximate surface area is 89.7 Å². The summed E-state index contributed by atoms with van der Waals surface area (Å²) < 4.78 is 21.9. The SMILES string of the molecule is Cc1cc([N+](=O)[O-])cc(S(=O)(=O)Cl)c1O. The number of halogens is 1. The molecule has 0 unspecified atom stereocenters. The summed E-state index contributed by atoms with van der Waals surface area (Å²) in [6, 6.07) is 1.77. The van der Waals surface area contributed by atoms with Crippen LogP contribution in [-0.4, -0.2) is 18.4 Å². The Bertz CT molecular complexity index is 524. The lowest BCUT2D eigenvalue weighted by Crippen LogP contribution is -1.96. The van der Waals surface area contributed by atoms with Gasteiger partial charge in [-0.15, -0.1) is 0 Å². The topological polar surface area (TPSA) is 97.5 Å². The van der Waals surface area contributed by atoms with Crippen molar-refractivity contribution in [1.29, 1.82) is 0 Å². The third-order valence-electron chi connectivity index (χ3n) is 1.72. The summed E-state index contributed by atoms with van der Waals surface area (Å²) in [5.41, 5.74) is -0.368. The van der Waals surface area contributed by atoms with Crippen LogP contribution in [0.3, 0.4) is 0 Å². The molecule has 82 valence electrons. The van der Waals surface area contributed by atoms with Crippen LogP contribution < -0.4 is 0 Å². The number of hydrogen-bond donors (Lipinski definition) is 1. The Hall–Kier alpha value is -1.34. The normalized spacial score (nSPS) is 11.3.